The molecule has 14 heteroatoms. The van der Waals surface area contributed by atoms with Gasteiger partial charge in [0.1, 0.15) is 11.3 Å². The molecule has 2 aromatic heterocycles. The predicted molar refractivity (Wildman–Crippen MR) is 131 cm³/mol. The Balaban J connectivity index is 1.36. The van der Waals surface area contributed by atoms with Crippen molar-refractivity contribution in [3.8, 4) is 17.4 Å². The number of benzene rings is 2. The van der Waals surface area contributed by atoms with Gasteiger partial charge in [0.2, 0.25) is 5.91 Å². The Morgan fingerprint density at radius 1 is 1.08 bits per heavy atom. The van der Waals surface area contributed by atoms with E-state index >= 15 is 0 Å². The van der Waals surface area contributed by atoms with Crippen molar-refractivity contribution in [2.24, 2.45) is 0 Å². The van der Waals surface area contributed by atoms with E-state index in [0.29, 0.717) is 29.7 Å². The number of anilines is 1. The highest BCUT2D eigenvalue weighted by Crippen LogP contribution is 2.33. The van der Waals surface area contributed by atoms with Gasteiger partial charge in [0.15, 0.2) is 11.5 Å². The first-order valence-corrected chi connectivity index (χ1v) is 12.8. The molecule has 4 rings (SSSR count). The molecule has 2 aromatic carbocycles. The summed E-state index contributed by atoms with van der Waals surface area (Å²) in [5, 5.41) is 17.6. The molecule has 0 fully saturated rings. The highest BCUT2D eigenvalue weighted by molar-refractivity contribution is 7.91. The van der Waals surface area contributed by atoms with Crippen molar-refractivity contribution in [3.63, 3.8) is 0 Å². The van der Waals surface area contributed by atoms with Crippen molar-refractivity contribution in [1.82, 2.24) is 5.16 Å². The number of carbonyl (C=O) groups is 1. The van der Waals surface area contributed by atoms with Gasteiger partial charge in [0.25, 0.3) is 9.84 Å². The van der Waals surface area contributed by atoms with Gasteiger partial charge in [-0.3, -0.25) is 9.42 Å². The molecule has 0 aliphatic rings. The lowest BCUT2D eigenvalue weighted by Crippen LogP contribution is -2.31. The molecule has 0 aliphatic heterocycles. The molecule has 13 nitrogen and oxygen atoms in total. The van der Waals surface area contributed by atoms with Crippen LogP contribution in [0.15, 0.2) is 72.3 Å². The number of sulfone groups is 1. The second-order valence-corrected chi connectivity index (χ2v) is 9.80. The molecule has 38 heavy (non-hydrogen) atoms. The van der Waals surface area contributed by atoms with Gasteiger partial charge >= 0.3 is 16.5 Å². The van der Waals surface area contributed by atoms with E-state index < -0.39 is 32.3 Å². The van der Waals surface area contributed by atoms with Crippen LogP contribution in [0.25, 0.3) is 11.0 Å². The Bertz CT molecular complexity index is 1610. The summed E-state index contributed by atoms with van der Waals surface area (Å²) in [5.74, 6) is -0.127. The van der Waals surface area contributed by atoms with Crippen LogP contribution in [0.4, 0.5) is 5.69 Å². The zero-order valence-corrected chi connectivity index (χ0v) is 21.1. The summed E-state index contributed by atoms with van der Waals surface area (Å²) in [6.45, 7) is 1.53. The Hall–Kier alpha value is -4.59. The van der Waals surface area contributed by atoms with Crippen LogP contribution in [0.5, 0.6) is 17.4 Å². The molecular weight excluding hydrogens is 522 g/mol. The third-order valence-corrected chi connectivity index (χ3v) is 6.94. The number of ether oxygens (including phenoxy) is 3. The molecule has 200 valence electrons. The topological polar surface area (TPSA) is 174 Å². The van der Waals surface area contributed by atoms with Crippen LogP contribution in [-0.4, -0.2) is 39.8 Å². The van der Waals surface area contributed by atoms with Crippen molar-refractivity contribution in [3.05, 3.63) is 64.2 Å². The van der Waals surface area contributed by atoms with Crippen molar-refractivity contribution in [2.45, 2.75) is 29.7 Å². The summed E-state index contributed by atoms with van der Waals surface area (Å²) in [6.07, 6.45) is 0.893. The first-order valence-electron chi connectivity index (χ1n) is 11.3. The first kappa shape index (κ1) is 26.5. The molecule has 0 spiro atoms. The zero-order valence-electron chi connectivity index (χ0n) is 20.3. The smallest absolute Gasteiger partial charge is 0.414 e. The van der Waals surface area contributed by atoms with Gasteiger partial charge in [0, 0.05) is 18.4 Å². The van der Waals surface area contributed by atoms with Crippen LogP contribution >= 0.6 is 0 Å². The Kier molecular flexibility index (Phi) is 7.81. The summed E-state index contributed by atoms with van der Waals surface area (Å²) in [4.78, 5) is 23.1. The van der Waals surface area contributed by atoms with Crippen molar-refractivity contribution in [2.75, 3.05) is 25.6 Å². The number of nitrogens with zero attached hydrogens (tertiary/aromatic N) is 2. The van der Waals surface area contributed by atoms with E-state index in [1.165, 1.54) is 50.4 Å². The van der Waals surface area contributed by atoms with Gasteiger partial charge in [0.05, 0.1) is 30.4 Å². The fraction of sp³-hybridized carbons (Fsp3) is 0.250. The first-order chi connectivity index (χ1) is 18.2. The maximum atomic E-state index is 12.8. The zero-order chi connectivity index (χ0) is 27.3. The molecule has 1 N–H and O–H groups in total. The van der Waals surface area contributed by atoms with E-state index in [1.807, 2.05) is 0 Å². The van der Waals surface area contributed by atoms with Gasteiger partial charge in [-0.2, -0.15) is 0 Å². The van der Waals surface area contributed by atoms with Crippen LogP contribution < -0.4 is 30.1 Å². The second kappa shape index (κ2) is 11.2. The molecule has 0 aliphatic carbocycles. The third kappa shape index (κ3) is 5.70. The molecular formula is C24H23N3O10S. The van der Waals surface area contributed by atoms with E-state index in [2.05, 4.69) is 15.1 Å². The van der Waals surface area contributed by atoms with Gasteiger partial charge in [-0.05, 0) is 42.0 Å². The largest absolute Gasteiger partial charge is 0.493 e. The minimum Gasteiger partial charge on any atom is -0.493 e. The number of fused-ring (bicyclic) bond motifs is 1. The van der Waals surface area contributed by atoms with Crippen molar-refractivity contribution < 1.29 is 41.4 Å². The lowest BCUT2D eigenvalue weighted by atomic mass is 10.2. The summed E-state index contributed by atoms with van der Waals surface area (Å²) < 4.78 is 51.8. The normalized spacial score (nSPS) is 11.3. The molecule has 1 amide bonds. The highest BCUT2D eigenvalue weighted by Gasteiger charge is 2.35. The Labute approximate surface area is 216 Å². The van der Waals surface area contributed by atoms with E-state index in [9.17, 15) is 23.2 Å². The maximum absolute atomic E-state index is 12.8. The van der Waals surface area contributed by atoms with Gasteiger partial charge in [-0.1, -0.05) is 18.2 Å². The fourth-order valence-electron chi connectivity index (χ4n) is 3.47. The van der Waals surface area contributed by atoms with E-state index in [1.54, 1.807) is 12.1 Å². The molecule has 0 radical (unpaired) electrons. The number of unbranched alkanes of at least 4 members (excludes halogenated alkanes) is 1. The number of aromatic nitrogens is 2. The molecule has 2 heterocycles. The average molecular weight is 546 g/mol. The molecule has 0 unspecified atom stereocenters. The lowest BCUT2D eigenvalue weighted by molar-refractivity contribution is -0.832. The quantitative estimate of drug-likeness (QED) is 0.166. The molecule has 0 atom stereocenters. The molecule has 0 saturated carbocycles. The number of nitrogens with one attached hydrogen (secondary N) is 1. The van der Waals surface area contributed by atoms with Gasteiger partial charge in [-0.25, -0.2) is 13.2 Å². The minimum atomic E-state index is -4.20. The standard InChI is InChI=1S/C24H23N3O10S/c1-15(28)25-18-12-16-13-20(33-2)21(14-19(16)36-24(18)29)34-10-6-7-11-35-22-23(27(30)37-26-22)38(31,32)17-8-4-3-5-9-17/h3-5,8-9,12-14H,6-7,10-11H2,1-2H3,(H,25,28). The maximum Gasteiger partial charge on any atom is 0.414 e. The summed E-state index contributed by atoms with van der Waals surface area (Å²) in [6, 6.07) is 12.0. The monoisotopic (exact) mass is 545 g/mol. The summed E-state index contributed by atoms with van der Waals surface area (Å²) in [7, 11) is -2.74. The SMILES string of the molecule is COc1cc2cc(NC(C)=O)c(=O)oc2cc1OCCCCOc1no[n+]([O-])c1S(=O)(=O)c1ccccc1. The molecule has 0 saturated heterocycles. The Morgan fingerprint density at radius 2 is 1.79 bits per heavy atom. The van der Waals surface area contributed by atoms with Crippen LogP contribution in [0.3, 0.4) is 0 Å². The predicted octanol–water partition coefficient (Wildman–Crippen LogP) is 2.45. The number of methoxy groups -OCH3 is 1. The molecule has 0 bridgehead atoms. The second-order valence-electron chi connectivity index (χ2n) is 7.93. The van der Waals surface area contributed by atoms with E-state index in [0.717, 1.165) is 0 Å². The lowest BCUT2D eigenvalue weighted by Gasteiger charge is -2.12. The summed E-state index contributed by atoms with van der Waals surface area (Å²) in [5.41, 5.74) is -0.454. The minimum absolute atomic E-state index is 0.00931. The number of hydrogen-bond donors (Lipinski definition) is 1. The highest BCUT2D eigenvalue weighted by atomic mass is 32.2. The molecule has 4 aromatic rings. The number of carbonyl (C=O) groups excluding carboxylic acids is 1. The van der Waals surface area contributed by atoms with Gasteiger partial charge in [-0.15, -0.1) is 0 Å². The van der Waals surface area contributed by atoms with E-state index in [-0.39, 0.29) is 34.3 Å². The van der Waals surface area contributed by atoms with E-state index in [4.69, 9.17) is 18.6 Å². The fourth-order valence-corrected chi connectivity index (χ4v) is 4.77. The summed E-state index contributed by atoms with van der Waals surface area (Å²) >= 11 is 0. The van der Waals surface area contributed by atoms with Crippen LogP contribution in [-0.2, 0) is 14.6 Å². The van der Waals surface area contributed by atoms with Crippen molar-refractivity contribution in [1.29, 1.82) is 0 Å². The van der Waals surface area contributed by atoms with Gasteiger partial charge < -0.3 is 29.2 Å². The van der Waals surface area contributed by atoms with Crippen molar-refractivity contribution >= 4 is 32.4 Å². The average Bonchev–Trinajstić information content (AvgIpc) is 3.27. The Morgan fingerprint density at radius 3 is 2.47 bits per heavy atom. The third-order valence-electron chi connectivity index (χ3n) is 5.22. The number of rotatable bonds is 11. The van der Waals surface area contributed by atoms with Crippen LogP contribution in [0.2, 0.25) is 0 Å². The number of amides is 1. The van der Waals surface area contributed by atoms with Crippen LogP contribution in [0, 0.1) is 5.21 Å². The number of hydrogen-bond acceptors (Lipinski definition) is 11. The van der Waals surface area contributed by atoms with Crippen LogP contribution in [0.1, 0.15) is 19.8 Å².